The lowest BCUT2D eigenvalue weighted by Gasteiger charge is -2.38. The number of hydrogen-bond acceptors (Lipinski definition) is 5. The number of amides is 1. The number of non-ortho nitro benzene ring substituents is 1. The Labute approximate surface area is 144 Å². The van der Waals surface area contributed by atoms with Crippen LogP contribution in [-0.2, 0) is 9.59 Å². The number of rotatable bonds is 5. The highest BCUT2D eigenvalue weighted by molar-refractivity contribution is 8.00. The van der Waals surface area contributed by atoms with Crippen molar-refractivity contribution in [3.05, 3.63) is 34.4 Å². The molecule has 1 aliphatic heterocycles. The largest absolute Gasteiger partial charge is 0.481 e. The summed E-state index contributed by atoms with van der Waals surface area (Å²) in [6.07, 6.45) is 1.27. The molecule has 1 aromatic carbocycles. The molecule has 0 bridgehead atoms. The van der Waals surface area contributed by atoms with Gasteiger partial charge in [-0.25, -0.2) is 0 Å². The lowest BCUT2D eigenvalue weighted by Crippen LogP contribution is -2.51. The van der Waals surface area contributed by atoms with Gasteiger partial charge >= 0.3 is 5.97 Å². The maximum Gasteiger partial charge on any atom is 0.308 e. The van der Waals surface area contributed by atoms with Gasteiger partial charge in [-0.05, 0) is 38.8 Å². The summed E-state index contributed by atoms with van der Waals surface area (Å²) in [6, 6.07) is 5.72. The van der Waals surface area contributed by atoms with Crippen LogP contribution in [0.5, 0.6) is 0 Å². The van der Waals surface area contributed by atoms with Crippen LogP contribution in [-0.4, -0.2) is 44.6 Å². The highest BCUT2D eigenvalue weighted by Gasteiger charge is 2.36. The first-order valence-electron chi connectivity index (χ1n) is 7.75. The number of likely N-dealkylation sites (tertiary alicyclic amines) is 1. The first-order chi connectivity index (χ1) is 11.3. The standard InChI is InChI=1S/C16H20N2O5S/c1-10-14(16(20)21)4-3-9-17(10)15(19)11(2)24-13-7-5-12(6-8-13)18(22)23/h5-8,10-11,14H,3-4,9H2,1-2H3,(H,20,21)/t10-,11?,14-/m0/s1. The zero-order valence-corrected chi connectivity index (χ0v) is 14.4. The van der Waals surface area contributed by atoms with Crippen molar-refractivity contribution in [2.45, 2.75) is 42.9 Å². The number of aliphatic carboxylic acids is 1. The molecule has 1 heterocycles. The summed E-state index contributed by atoms with van der Waals surface area (Å²) >= 11 is 1.32. The van der Waals surface area contributed by atoms with E-state index in [0.717, 1.165) is 4.90 Å². The highest BCUT2D eigenvalue weighted by Crippen LogP contribution is 2.30. The van der Waals surface area contributed by atoms with Crippen molar-refractivity contribution in [2.75, 3.05) is 6.54 Å². The summed E-state index contributed by atoms with van der Waals surface area (Å²) < 4.78 is 0. The van der Waals surface area contributed by atoms with Crippen molar-refractivity contribution in [3.63, 3.8) is 0 Å². The van der Waals surface area contributed by atoms with Gasteiger partial charge in [0.2, 0.25) is 5.91 Å². The Morgan fingerprint density at radius 2 is 2.00 bits per heavy atom. The molecular formula is C16H20N2O5S. The normalized spacial score (nSPS) is 22.0. The fourth-order valence-corrected chi connectivity index (χ4v) is 3.86. The fourth-order valence-electron chi connectivity index (χ4n) is 2.92. The molecule has 130 valence electrons. The van der Waals surface area contributed by atoms with Crippen molar-refractivity contribution in [3.8, 4) is 0 Å². The fraction of sp³-hybridized carbons (Fsp3) is 0.500. The minimum atomic E-state index is -0.865. The van der Waals surface area contributed by atoms with Crippen molar-refractivity contribution >= 4 is 29.3 Å². The van der Waals surface area contributed by atoms with E-state index >= 15 is 0 Å². The third kappa shape index (κ3) is 4.05. The molecule has 8 heteroatoms. The van der Waals surface area contributed by atoms with Gasteiger partial charge < -0.3 is 10.0 Å². The predicted octanol–water partition coefficient (Wildman–Crippen LogP) is 2.79. The van der Waals surface area contributed by atoms with Crippen molar-refractivity contribution in [1.29, 1.82) is 0 Å². The number of piperidine rings is 1. The Bertz CT molecular complexity index is 634. The number of benzene rings is 1. The number of nitrogens with zero attached hydrogens (tertiary/aromatic N) is 2. The smallest absolute Gasteiger partial charge is 0.308 e. The van der Waals surface area contributed by atoms with Crippen molar-refractivity contribution < 1.29 is 19.6 Å². The molecule has 1 aromatic rings. The van der Waals surface area contributed by atoms with Gasteiger partial charge in [-0.15, -0.1) is 11.8 Å². The van der Waals surface area contributed by atoms with E-state index < -0.39 is 16.8 Å². The zero-order chi connectivity index (χ0) is 17.9. The van der Waals surface area contributed by atoms with E-state index in [0.29, 0.717) is 19.4 Å². The number of carbonyl (C=O) groups excluding carboxylic acids is 1. The van der Waals surface area contributed by atoms with E-state index in [1.165, 1.54) is 23.9 Å². The Kier molecular flexibility index (Phi) is 5.82. The SMILES string of the molecule is CC(Sc1ccc([N+](=O)[O-])cc1)C(=O)N1CCC[C@H](C(=O)O)[C@@H]1C. The van der Waals surface area contributed by atoms with Crippen molar-refractivity contribution in [2.24, 2.45) is 5.92 Å². The third-order valence-electron chi connectivity index (χ3n) is 4.30. The predicted molar refractivity (Wildman–Crippen MR) is 90.0 cm³/mol. The summed E-state index contributed by atoms with van der Waals surface area (Å²) in [6.45, 7) is 4.11. The molecule has 0 aliphatic carbocycles. The quantitative estimate of drug-likeness (QED) is 0.497. The van der Waals surface area contributed by atoms with Gasteiger partial charge in [0.15, 0.2) is 0 Å². The van der Waals surface area contributed by atoms with Gasteiger partial charge in [-0.3, -0.25) is 19.7 Å². The molecule has 1 N–H and O–H groups in total. The summed E-state index contributed by atoms with van der Waals surface area (Å²) in [5.74, 6) is -1.49. The average molecular weight is 352 g/mol. The molecule has 1 unspecified atom stereocenters. The van der Waals surface area contributed by atoms with Gasteiger partial charge in [-0.1, -0.05) is 0 Å². The molecule has 0 radical (unpaired) electrons. The molecule has 1 aliphatic rings. The average Bonchev–Trinajstić information content (AvgIpc) is 2.54. The maximum atomic E-state index is 12.7. The van der Waals surface area contributed by atoms with E-state index in [1.807, 2.05) is 0 Å². The first-order valence-corrected chi connectivity index (χ1v) is 8.63. The molecule has 3 atom stereocenters. The van der Waals surface area contributed by atoms with Crippen LogP contribution in [0.1, 0.15) is 26.7 Å². The number of thioether (sulfide) groups is 1. The second-order valence-corrected chi connectivity index (χ2v) is 7.28. The molecular weight excluding hydrogens is 332 g/mol. The topological polar surface area (TPSA) is 101 Å². The second-order valence-electron chi connectivity index (χ2n) is 5.87. The van der Waals surface area contributed by atoms with Crippen LogP contribution in [0.4, 0.5) is 5.69 Å². The molecule has 24 heavy (non-hydrogen) atoms. The van der Waals surface area contributed by atoms with E-state index in [1.54, 1.807) is 30.9 Å². The maximum absolute atomic E-state index is 12.7. The minimum absolute atomic E-state index is 0.00674. The van der Waals surface area contributed by atoms with E-state index in [4.69, 9.17) is 0 Å². The minimum Gasteiger partial charge on any atom is -0.481 e. The number of nitro benzene ring substituents is 1. The van der Waals surface area contributed by atoms with Crippen LogP contribution in [0.15, 0.2) is 29.2 Å². The van der Waals surface area contributed by atoms with Crippen LogP contribution < -0.4 is 0 Å². The molecule has 1 saturated heterocycles. The monoisotopic (exact) mass is 352 g/mol. The molecule has 0 spiro atoms. The van der Waals surface area contributed by atoms with Crippen LogP contribution >= 0.6 is 11.8 Å². The lowest BCUT2D eigenvalue weighted by molar-refractivity contribution is -0.384. The van der Waals surface area contributed by atoms with Crippen LogP contribution in [0.2, 0.25) is 0 Å². The van der Waals surface area contributed by atoms with Gasteiger partial charge in [0.25, 0.3) is 5.69 Å². The van der Waals surface area contributed by atoms with E-state index in [2.05, 4.69) is 0 Å². The van der Waals surface area contributed by atoms with Gasteiger partial charge in [0, 0.05) is 29.6 Å². The second kappa shape index (κ2) is 7.65. The van der Waals surface area contributed by atoms with Crippen molar-refractivity contribution in [1.82, 2.24) is 4.90 Å². The summed E-state index contributed by atoms with van der Waals surface area (Å²) in [5, 5.41) is 19.5. The number of carboxylic acid groups (broad SMARTS) is 1. The summed E-state index contributed by atoms with van der Waals surface area (Å²) in [4.78, 5) is 36.5. The zero-order valence-electron chi connectivity index (χ0n) is 13.5. The third-order valence-corrected chi connectivity index (χ3v) is 5.40. The Hall–Kier alpha value is -2.09. The Balaban J connectivity index is 2.03. The number of nitro groups is 1. The highest BCUT2D eigenvalue weighted by atomic mass is 32.2. The van der Waals surface area contributed by atoms with Crippen LogP contribution in [0.3, 0.4) is 0 Å². The van der Waals surface area contributed by atoms with Gasteiger partial charge in [0.1, 0.15) is 0 Å². The summed E-state index contributed by atoms with van der Waals surface area (Å²) in [7, 11) is 0. The molecule has 0 saturated carbocycles. The lowest BCUT2D eigenvalue weighted by atomic mass is 9.90. The first kappa shape index (κ1) is 18.3. The Morgan fingerprint density at radius 3 is 2.54 bits per heavy atom. The molecule has 0 aromatic heterocycles. The van der Waals surface area contributed by atoms with Gasteiger partial charge in [0.05, 0.1) is 16.1 Å². The summed E-state index contributed by atoms with van der Waals surface area (Å²) in [5.41, 5.74) is 0.00674. The van der Waals surface area contributed by atoms with Gasteiger partial charge in [-0.2, -0.15) is 0 Å². The molecule has 1 fully saturated rings. The van der Waals surface area contributed by atoms with E-state index in [-0.39, 0.29) is 22.9 Å². The molecule has 2 rings (SSSR count). The van der Waals surface area contributed by atoms with Crippen LogP contribution in [0, 0.1) is 16.0 Å². The van der Waals surface area contributed by atoms with Crippen LogP contribution in [0.25, 0.3) is 0 Å². The Morgan fingerprint density at radius 1 is 1.38 bits per heavy atom. The van der Waals surface area contributed by atoms with E-state index in [9.17, 15) is 24.8 Å². The number of carbonyl (C=O) groups is 2. The number of hydrogen-bond donors (Lipinski definition) is 1. The molecule has 1 amide bonds. The number of carboxylic acids is 1. The molecule has 7 nitrogen and oxygen atoms in total.